The van der Waals surface area contributed by atoms with Crippen LogP contribution in [0.15, 0.2) is 17.3 Å². The van der Waals surface area contributed by atoms with Gasteiger partial charge in [0.2, 0.25) is 10.0 Å². The summed E-state index contributed by atoms with van der Waals surface area (Å²) in [5.41, 5.74) is 0. The first kappa shape index (κ1) is 12.1. The van der Waals surface area contributed by atoms with Crippen LogP contribution in [0.5, 0.6) is 0 Å². The van der Waals surface area contributed by atoms with Gasteiger partial charge in [-0.3, -0.25) is 4.68 Å². The van der Waals surface area contributed by atoms with E-state index in [9.17, 15) is 8.42 Å². The summed E-state index contributed by atoms with van der Waals surface area (Å²) in [7, 11) is -1.63. The maximum Gasteiger partial charge on any atom is 0.246 e. The molecule has 0 aliphatic carbocycles. The zero-order valence-corrected chi connectivity index (χ0v) is 11.2. The molecule has 1 N–H and O–H groups in total. The van der Waals surface area contributed by atoms with E-state index in [0.717, 1.165) is 19.4 Å². The molecule has 100 valence electrons. The third kappa shape index (κ3) is 1.96. The van der Waals surface area contributed by atoms with Gasteiger partial charge in [-0.2, -0.15) is 9.40 Å². The van der Waals surface area contributed by atoms with Crippen LogP contribution in [0.25, 0.3) is 0 Å². The van der Waals surface area contributed by atoms with Gasteiger partial charge in [-0.25, -0.2) is 8.42 Å². The number of nitrogens with one attached hydrogen (secondary N) is 1. The number of aromatic nitrogens is 2. The Morgan fingerprint density at radius 2 is 2.28 bits per heavy atom. The summed E-state index contributed by atoms with van der Waals surface area (Å²) in [5, 5.41) is 7.38. The van der Waals surface area contributed by atoms with Crippen molar-refractivity contribution in [1.82, 2.24) is 19.4 Å². The molecule has 1 aromatic heterocycles. The van der Waals surface area contributed by atoms with Crippen LogP contribution >= 0.6 is 0 Å². The Morgan fingerprint density at radius 3 is 3.00 bits per heavy atom. The summed E-state index contributed by atoms with van der Waals surface area (Å²) in [5.74, 6) is 0.463. The third-order valence-corrected chi connectivity index (χ3v) is 5.76. The van der Waals surface area contributed by atoms with E-state index in [2.05, 4.69) is 10.4 Å². The normalized spacial score (nSPS) is 29.4. The van der Waals surface area contributed by atoms with Gasteiger partial charge in [0, 0.05) is 32.4 Å². The van der Waals surface area contributed by atoms with Crippen LogP contribution in [0.4, 0.5) is 0 Å². The second-order valence-corrected chi connectivity index (χ2v) is 7.05. The first-order valence-corrected chi connectivity index (χ1v) is 7.73. The molecule has 0 bridgehead atoms. The summed E-state index contributed by atoms with van der Waals surface area (Å²) in [6.07, 6.45) is 4.97. The maximum atomic E-state index is 12.4. The lowest BCUT2D eigenvalue weighted by Crippen LogP contribution is -2.46. The van der Waals surface area contributed by atoms with Gasteiger partial charge in [0.05, 0.1) is 6.20 Å². The van der Waals surface area contributed by atoms with Gasteiger partial charge in [0.15, 0.2) is 0 Å². The number of piperidine rings is 1. The fourth-order valence-corrected chi connectivity index (χ4v) is 4.41. The number of aryl methyl sites for hydroxylation is 1. The Labute approximate surface area is 107 Å². The Morgan fingerprint density at radius 1 is 1.44 bits per heavy atom. The van der Waals surface area contributed by atoms with E-state index in [4.69, 9.17) is 0 Å². The molecule has 2 aliphatic heterocycles. The van der Waals surface area contributed by atoms with Crippen molar-refractivity contribution in [2.45, 2.75) is 23.8 Å². The van der Waals surface area contributed by atoms with Crippen LogP contribution in [0.1, 0.15) is 12.8 Å². The fraction of sp³-hybridized carbons (Fsp3) is 0.727. The van der Waals surface area contributed by atoms with E-state index in [-0.39, 0.29) is 0 Å². The minimum Gasteiger partial charge on any atom is -0.314 e. The van der Waals surface area contributed by atoms with Crippen LogP contribution in [0.2, 0.25) is 0 Å². The molecule has 3 rings (SSSR count). The van der Waals surface area contributed by atoms with E-state index in [0.29, 0.717) is 29.9 Å². The molecule has 3 heterocycles. The van der Waals surface area contributed by atoms with E-state index in [1.54, 1.807) is 17.5 Å². The summed E-state index contributed by atoms with van der Waals surface area (Å²) in [6.45, 7) is 2.25. The Hall–Kier alpha value is -0.920. The highest BCUT2D eigenvalue weighted by Crippen LogP contribution is 2.28. The number of rotatable bonds is 2. The zero-order chi connectivity index (χ0) is 12.8. The van der Waals surface area contributed by atoms with Crippen molar-refractivity contribution in [1.29, 1.82) is 0 Å². The topological polar surface area (TPSA) is 67.2 Å². The molecule has 0 saturated carbocycles. The highest BCUT2D eigenvalue weighted by molar-refractivity contribution is 7.89. The number of hydrogen-bond donors (Lipinski definition) is 1. The molecule has 2 unspecified atom stereocenters. The van der Waals surface area contributed by atoms with Crippen molar-refractivity contribution in [3.63, 3.8) is 0 Å². The van der Waals surface area contributed by atoms with Crippen LogP contribution in [0, 0.1) is 5.92 Å². The number of sulfonamides is 1. The van der Waals surface area contributed by atoms with Crippen LogP contribution in [-0.2, 0) is 17.1 Å². The van der Waals surface area contributed by atoms with Crippen molar-refractivity contribution >= 4 is 10.0 Å². The molecule has 0 aromatic carbocycles. The van der Waals surface area contributed by atoms with E-state index >= 15 is 0 Å². The first-order chi connectivity index (χ1) is 8.57. The lowest BCUT2D eigenvalue weighted by molar-refractivity contribution is 0.247. The minimum atomic E-state index is -3.36. The maximum absolute atomic E-state index is 12.4. The molecular weight excluding hydrogens is 252 g/mol. The molecule has 6 nitrogen and oxygen atoms in total. The van der Waals surface area contributed by atoms with Crippen LogP contribution in [0.3, 0.4) is 0 Å². The number of hydrogen-bond acceptors (Lipinski definition) is 4. The molecule has 0 radical (unpaired) electrons. The highest BCUT2D eigenvalue weighted by atomic mass is 32.2. The van der Waals surface area contributed by atoms with Gasteiger partial charge in [-0.05, 0) is 25.3 Å². The van der Waals surface area contributed by atoms with Gasteiger partial charge in [-0.1, -0.05) is 0 Å². The van der Waals surface area contributed by atoms with Crippen molar-refractivity contribution in [3.05, 3.63) is 12.4 Å². The summed E-state index contributed by atoms with van der Waals surface area (Å²) >= 11 is 0. The summed E-state index contributed by atoms with van der Waals surface area (Å²) in [4.78, 5) is 0.300. The molecule has 0 amide bonds. The predicted molar refractivity (Wildman–Crippen MR) is 66.5 cm³/mol. The lowest BCUT2D eigenvalue weighted by atomic mass is 9.95. The number of nitrogens with zero attached hydrogens (tertiary/aromatic N) is 3. The predicted octanol–water partition coefficient (Wildman–Crippen LogP) is -0.207. The molecule has 2 aliphatic rings. The smallest absolute Gasteiger partial charge is 0.246 e. The van der Waals surface area contributed by atoms with Crippen LogP contribution < -0.4 is 5.32 Å². The van der Waals surface area contributed by atoms with E-state index in [1.165, 1.54) is 10.9 Å². The van der Waals surface area contributed by atoms with Crippen molar-refractivity contribution in [3.8, 4) is 0 Å². The average Bonchev–Trinajstić information content (AvgIpc) is 2.96. The van der Waals surface area contributed by atoms with E-state index in [1.807, 2.05) is 0 Å². The molecule has 18 heavy (non-hydrogen) atoms. The van der Waals surface area contributed by atoms with Gasteiger partial charge in [0.25, 0.3) is 0 Å². The summed E-state index contributed by atoms with van der Waals surface area (Å²) < 4.78 is 28.0. The molecule has 2 atom stereocenters. The molecule has 2 fully saturated rings. The quantitative estimate of drug-likeness (QED) is 0.807. The van der Waals surface area contributed by atoms with E-state index < -0.39 is 10.0 Å². The standard InChI is InChI=1S/C11H18N4O2S/c1-14-8-10(6-13-14)18(16,17)15-5-3-11-9(7-15)2-4-12-11/h6,8-9,11-12H,2-5,7H2,1H3. The van der Waals surface area contributed by atoms with Gasteiger partial charge >= 0.3 is 0 Å². The van der Waals surface area contributed by atoms with Crippen LogP contribution in [-0.4, -0.2) is 48.2 Å². The van der Waals surface area contributed by atoms with Gasteiger partial charge in [0.1, 0.15) is 4.90 Å². The number of fused-ring (bicyclic) bond motifs is 1. The van der Waals surface area contributed by atoms with Crippen molar-refractivity contribution < 1.29 is 8.42 Å². The average molecular weight is 270 g/mol. The third-order valence-electron chi connectivity index (χ3n) is 3.94. The second-order valence-electron chi connectivity index (χ2n) is 5.11. The zero-order valence-electron chi connectivity index (χ0n) is 10.4. The highest BCUT2D eigenvalue weighted by Gasteiger charge is 2.37. The second kappa shape index (κ2) is 4.32. The molecular formula is C11H18N4O2S. The fourth-order valence-electron chi connectivity index (χ4n) is 2.91. The van der Waals surface area contributed by atoms with Crippen molar-refractivity contribution in [2.75, 3.05) is 19.6 Å². The Bertz CT molecular complexity index is 539. The monoisotopic (exact) mass is 270 g/mol. The first-order valence-electron chi connectivity index (χ1n) is 6.29. The minimum absolute atomic E-state index is 0.300. The SMILES string of the molecule is Cn1cc(S(=O)(=O)N2CCC3NCCC3C2)cn1. The molecule has 0 spiro atoms. The molecule has 7 heteroatoms. The molecule has 2 saturated heterocycles. The van der Waals surface area contributed by atoms with Crippen molar-refractivity contribution in [2.24, 2.45) is 13.0 Å². The summed E-state index contributed by atoms with van der Waals surface area (Å²) in [6, 6.07) is 0.505. The Kier molecular flexibility index (Phi) is 2.91. The largest absolute Gasteiger partial charge is 0.314 e. The Balaban J connectivity index is 1.82. The molecule has 1 aromatic rings. The lowest BCUT2D eigenvalue weighted by Gasteiger charge is -2.33. The van der Waals surface area contributed by atoms with Gasteiger partial charge in [-0.15, -0.1) is 0 Å². The van der Waals surface area contributed by atoms with Gasteiger partial charge < -0.3 is 5.32 Å².